The van der Waals surface area contributed by atoms with E-state index in [1.165, 1.54) is 5.56 Å². The lowest BCUT2D eigenvalue weighted by Gasteiger charge is -2.39. The molecule has 1 aromatic rings. The standard InChI is InChI=1S/C17H25NO3/c1-19-16-4-2-14(3-5-16)12-17-13-18(8-11-21-17)15-6-9-20-10-7-15/h2-5,15,17H,6-13H2,1H3/t17-/m1/s1. The first-order valence-corrected chi connectivity index (χ1v) is 7.91. The predicted molar refractivity (Wildman–Crippen MR) is 81.9 cm³/mol. The zero-order valence-corrected chi connectivity index (χ0v) is 12.8. The van der Waals surface area contributed by atoms with Gasteiger partial charge in [-0.15, -0.1) is 0 Å². The molecule has 3 rings (SSSR count). The highest BCUT2D eigenvalue weighted by Gasteiger charge is 2.27. The lowest BCUT2D eigenvalue weighted by molar-refractivity contribution is -0.0610. The molecule has 0 aromatic heterocycles. The van der Waals surface area contributed by atoms with Crippen LogP contribution in [0, 0.1) is 0 Å². The third-order valence-electron chi connectivity index (χ3n) is 4.50. The molecule has 4 heteroatoms. The van der Waals surface area contributed by atoms with Gasteiger partial charge in [-0.1, -0.05) is 12.1 Å². The maximum Gasteiger partial charge on any atom is 0.118 e. The molecule has 2 saturated heterocycles. The van der Waals surface area contributed by atoms with E-state index in [4.69, 9.17) is 14.2 Å². The Morgan fingerprint density at radius 3 is 2.62 bits per heavy atom. The van der Waals surface area contributed by atoms with Gasteiger partial charge in [-0.2, -0.15) is 0 Å². The lowest BCUT2D eigenvalue weighted by Crippen LogP contribution is -2.49. The van der Waals surface area contributed by atoms with Crippen LogP contribution in [0.2, 0.25) is 0 Å². The van der Waals surface area contributed by atoms with Gasteiger partial charge in [0.15, 0.2) is 0 Å². The van der Waals surface area contributed by atoms with Crippen molar-refractivity contribution < 1.29 is 14.2 Å². The molecule has 0 saturated carbocycles. The van der Waals surface area contributed by atoms with E-state index in [0.29, 0.717) is 12.1 Å². The number of methoxy groups -OCH3 is 1. The largest absolute Gasteiger partial charge is 0.497 e. The van der Waals surface area contributed by atoms with Crippen LogP contribution >= 0.6 is 0 Å². The maximum atomic E-state index is 5.96. The van der Waals surface area contributed by atoms with Crippen LogP contribution in [0.4, 0.5) is 0 Å². The molecule has 2 heterocycles. The predicted octanol–water partition coefficient (Wildman–Crippen LogP) is 2.12. The fourth-order valence-corrected chi connectivity index (χ4v) is 3.27. The van der Waals surface area contributed by atoms with Crippen molar-refractivity contribution in [3.05, 3.63) is 29.8 Å². The van der Waals surface area contributed by atoms with Crippen molar-refractivity contribution in [1.29, 1.82) is 0 Å². The van der Waals surface area contributed by atoms with Crippen LogP contribution in [0.25, 0.3) is 0 Å². The van der Waals surface area contributed by atoms with E-state index in [2.05, 4.69) is 17.0 Å². The maximum absolute atomic E-state index is 5.96. The quantitative estimate of drug-likeness (QED) is 0.850. The minimum absolute atomic E-state index is 0.301. The summed E-state index contributed by atoms with van der Waals surface area (Å²) in [4.78, 5) is 2.60. The van der Waals surface area contributed by atoms with Crippen LogP contribution in [0.3, 0.4) is 0 Å². The van der Waals surface area contributed by atoms with Crippen LogP contribution in [0.5, 0.6) is 5.75 Å². The zero-order chi connectivity index (χ0) is 14.5. The molecule has 4 nitrogen and oxygen atoms in total. The first-order valence-electron chi connectivity index (χ1n) is 7.91. The van der Waals surface area contributed by atoms with E-state index in [0.717, 1.165) is 57.9 Å². The van der Waals surface area contributed by atoms with Crippen LogP contribution < -0.4 is 4.74 Å². The van der Waals surface area contributed by atoms with Gasteiger partial charge in [0.05, 0.1) is 19.8 Å². The van der Waals surface area contributed by atoms with Crippen molar-refractivity contribution in [2.24, 2.45) is 0 Å². The molecule has 2 aliphatic rings. The summed E-state index contributed by atoms with van der Waals surface area (Å²) >= 11 is 0. The summed E-state index contributed by atoms with van der Waals surface area (Å²) in [7, 11) is 1.70. The Morgan fingerprint density at radius 1 is 1.14 bits per heavy atom. The fourth-order valence-electron chi connectivity index (χ4n) is 3.27. The van der Waals surface area contributed by atoms with Gasteiger partial charge in [0.1, 0.15) is 5.75 Å². The summed E-state index contributed by atoms with van der Waals surface area (Å²) in [5, 5.41) is 0. The number of hydrogen-bond donors (Lipinski definition) is 0. The SMILES string of the molecule is COc1ccc(C[C@@H]2CN(C3CCOCC3)CCO2)cc1. The van der Waals surface area contributed by atoms with E-state index in [-0.39, 0.29) is 0 Å². The van der Waals surface area contributed by atoms with Crippen LogP contribution in [-0.4, -0.2) is 57.1 Å². The molecule has 1 aromatic carbocycles. The van der Waals surface area contributed by atoms with E-state index in [9.17, 15) is 0 Å². The smallest absolute Gasteiger partial charge is 0.118 e. The molecule has 2 aliphatic heterocycles. The molecule has 0 amide bonds. The second-order valence-electron chi connectivity index (χ2n) is 5.88. The summed E-state index contributed by atoms with van der Waals surface area (Å²) in [6.45, 7) is 4.76. The van der Waals surface area contributed by atoms with Crippen molar-refractivity contribution in [2.45, 2.75) is 31.4 Å². The number of benzene rings is 1. The highest BCUT2D eigenvalue weighted by Crippen LogP contribution is 2.20. The Morgan fingerprint density at radius 2 is 1.90 bits per heavy atom. The summed E-state index contributed by atoms with van der Waals surface area (Å²) < 4.78 is 16.6. The van der Waals surface area contributed by atoms with Crippen molar-refractivity contribution in [3.63, 3.8) is 0 Å². The highest BCUT2D eigenvalue weighted by molar-refractivity contribution is 5.27. The van der Waals surface area contributed by atoms with Crippen molar-refractivity contribution >= 4 is 0 Å². The molecule has 0 unspecified atom stereocenters. The van der Waals surface area contributed by atoms with Gasteiger partial charge >= 0.3 is 0 Å². The number of morpholine rings is 1. The monoisotopic (exact) mass is 291 g/mol. The van der Waals surface area contributed by atoms with Crippen molar-refractivity contribution in [3.8, 4) is 5.75 Å². The fraction of sp³-hybridized carbons (Fsp3) is 0.647. The molecular weight excluding hydrogens is 266 g/mol. The minimum Gasteiger partial charge on any atom is -0.497 e. The highest BCUT2D eigenvalue weighted by atomic mass is 16.5. The normalized spacial score (nSPS) is 24.9. The molecule has 2 fully saturated rings. The summed E-state index contributed by atoms with van der Waals surface area (Å²) in [5.41, 5.74) is 1.31. The third kappa shape index (κ3) is 3.96. The van der Waals surface area contributed by atoms with Gasteiger partial charge in [0, 0.05) is 32.3 Å². The molecule has 116 valence electrons. The minimum atomic E-state index is 0.301. The number of nitrogens with zero attached hydrogens (tertiary/aromatic N) is 1. The Kier molecular flexibility index (Phi) is 5.12. The number of rotatable bonds is 4. The topological polar surface area (TPSA) is 30.9 Å². The molecule has 0 bridgehead atoms. The van der Waals surface area contributed by atoms with Gasteiger partial charge in [-0.3, -0.25) is 4.90 Å². The van der Waals surface area contributed by atoms with Crippen LogP contribution in [0.15, 0.2) is 24.3 Å². The molecule has 0 spiro atoms. The van der Waals surface area contributed by atoms with Crippen molar-refractivity contribution in [2.75, 3.05) is 40.0 Å². The van der Waals surface area contributed by atoms with Gasteiger partial charge in [0.2, 0.25) is 0 Å². The second kappa shape index (κ2) is 7.25. The number of ether oxygens (including phenoxy) is 3. The van der Waals surface area contributed by atoms with E-state index in [1.807, 2.05) is 12.1 Å². The Balaban J connectivity index is 1.55. The second-order valence-corrected chi connectivity index (χ2v) is 5.88. The summed E-state index contributed by atoms with van der Waals surface area (Å²) in [6.07, 6.45) is 3.60. The molecule has 0 aliphatic carbocycles. The van der Waals surface area contributed by atoms with Crippen molar-refractivity contribution in [1.82, 2.24) is 4.90 Å². The van der Waals surface area contributed by atoms with Crippen LogP contribution in [-0.2, 0) is 15.9 Å². The van der Waals surface area contributed by atoms with E-state index >= 15 is 0 Å². The molecule has 0 N–H and O–H groups in total. The van der Waals surface area contributed by atoms with Gasteiger partial charge < -0.3 is 14.2 Å². The summed E-state index contributed by atoms with van der Waals surface area (Å²) in [6, 6.07) is 8.99. The first kappa shape index (κ1) is 14.8. The Bertz CT molecular complexity index is 428. The van der Waals surface area contributed by atoms with Gasteiger partial charge in [0.25, 0.3) is 0 Å². The summed E-state index contributed by atoms with van der Waals surface area (Å²) in [5.74, 6) is 0.909. The number of hydrogen-bond acceptors (Lipinski definition) is 4. The first-order chi connectivity index (χ1) is 10.3. The molecule has 21 heavy (non-hydrogen) atoms. The van der Waals surface area contributed by atoms with E-state index in [1.54, 1.807) is 7.11 Å². The Hall–Kier alpha value is -1.10. The lowest BCUT2D eigenvalue weighted by atomic mass is 10.0. The Labute approximate surface area is 127 Å². The average Bonchev–Trinajstić information content (AvgIpc) is 2.57. The van der Waals surface area contributed by atoms with Gasteiger partial charge in [-0.05, 0) is 37.0 Å². The van der Waals surface area contributed by atoms with E-state index < -0.39 is 0 Å². The molecular formula is C17H25NO3. The molecule has 0 radical (unpaired) electrons. The zero-order valence-electron chi connectivity index (χ0n) is 12.8. The van der Waals surface area contributed by atoms with Crippen LogP contribution in [0.1, 0.15) is 18.4 Å². The molecule has 1 atom stereocenters. The average molecular weight is 291 g/mol. The third-order valence-corrected chi connectivity index (χ3v) is 4.50. The van der Waals surface area contributed by atoms with Gasteiger partial charge in [-0.25, -0.2) is 0 Å².